The fourth-order valence-corrected chi connectivity index (χ4v) is 3.45. The summed E-state index contributed by atoms with van der Waals surface area (Å²) < 4.78 is 0. The van der Waals surface area contributed by atoms with Crippen molar-refractivity contribution in [3.63, 3.8) is 0 Å². The highest BCUT2D eigenvalue weighted by molar-refractivity contribution is 6.09. The molecule has 1 fully saturated rings. The Morgan fingerprint density at radius 3 is 2.40 bits per heavy atom. The van der Waals surface area contributed by atoms with Gasteiger partial charge in [0, 0.05) is 47.7 Å². The van der Waals surface area contributed by atoms with Crippen LogP contribution in [-0.2, 0) is 0 Å². The van der Waals surface area contributed by atoms with Crippen LogP contribution >= 0.6 is 0 Å². The molecule has 5 heteroatoms. The summed E-state index contributed by atoms with van der Waals surface area (Å²) in [6.07, 6.45) is 8.55. The van der Waals surface area contributed by atoms with Crippen molar-refractivity contribution in [2.24, 2.45) is 5.92 Å². The van der Waals surface area contributed by atoms with E-state index in [9.17, 15) is 14.7 Å². The normalized spacial score (nSPS) is 20.7. The number of carbonyl (C=O) groups excluding carboxylic acids is 2. The van der Waals surface area contributed by atoms with E-state index in [4.69, 9.17) is 0 Å². The number of hydrogen-bond acceptors (Lipinski definition) is 3. The van der Waals surface area contributed by atoms with E-state index >= 15 is 0 Å². The topological polar surface area (TPSA) is 82.2 Å². The fraction of sp³-hybridized carbons (Fsp3) is 0.400. The molecule has 2 aromatic rings. The molecule has 0 bridgehead atoms. The van der Waals surface area contributed by atoms with Gasteiger partial charge >= 0.3 is 0 Å². The molecular weight excluding hydrogens is 316 g/mol. The molecular formula is C20H24N2O3. The highest BCUT2D eigenvalue weighted by atomic mass is 16.3. The van der Waals surface area contributed by atoms with Crippen molar-refractivity contribution in [2.45, 2.75) is 38.1 Å². The second-order valence-corrected chi connectivity index (χ2v) is 6.67. The van der Waals surface area contributed by atoms with Gasteiger partial charge in [0.05, 0.1) is 0 Å². The van der Waals surface area contributed by atoms with Crippen molar-refractivity contribution in [1.29, 1.82) is 0 Å². The van der Waals surface area contributed by atoms with Crippen LogP contribution in [0.2, 0.25) is 0 Å². The summed E-state index contributed by atoms with van der Waals surface area (Å²) in [5.74, 6) is -0.0933. The minimum absolute atomic E-state index is 0.0150. The second kappa shape index (κ2) is 8.12. The lowest BCUT2D eigenvalue weighted by molar-refractivity contribution is 0.0898. The number of nitrogens with one attached hydrogen (secondary N) is 2. The second-order valence-electron chi connectivity index (χ2n) is 6.67. The van der Waals surface area contributed by atoms with Crippen LogP contribution in [0.3, 0.4) is 0 Å². The number of benzene rings is 1. The molecule has 2 unspecified atom stereocenters. The van der Waals surface area contributed by atoms with Gasteiger partial charge in [0.25, 0.3) is 5.91 Å². The Labute approximate surface area is 147 Å². The molecule has 1 saturated carbocycles. The van der Waals surface area contributed by atoms with Crippen LogP contribution in [0.4, 0.5) is 0 Å². The lowest BCUT2D eigenvalue weighted by Crippen LogP contribution is -2.41. The maximum absolute atomic E-state index is 12.5. The van der Waals surface area contributed by atoms with Gasteiger partial charge < -0.3 is 15.4 Å². The molecule has 25 heavy (non-hydrogen) atoms. The lowest BCUT2D eigenvalue weighted by atomic mass is 9.95. The molecule has 2 atom stereocenters. The quantitative estimate of drug-likeness (QED) is 0.578. The van der Waals surface area contributed by atoms with E-state index in [0.717, 1.165) is 32.1 Å². The van der Waals surface area contributed by atoms with Gasteiger partial charge in [-0.05, 0) is 31.0 Å². The number of aliphatic hydroxyl groups excluding tert-OH is 1. The van der Waals surface area contributed by atoms with Crippen LogP contribution in [0.5, 0.6) is 0 Å². The lowest BCUT2D eigenvalue weighted by Gasteiger charge is -2.24. The van der Waals surface area contributed by atoms with Crippen molar-refractivity contribution in [2.75, 3.05) is 6.61 Å². The molecule has 1 aliphatic rings. The zero-order valence-corrected chi connectivity index (χ0v) is 14.2. The zero-order chi connectivity index (χ0) is 17.6. The average Bonchev–Trinajstić information content (AvgIpc) is 3.09. The van der Waals surface area contributed by atoms with Crippen LogP contribution in [0.15, 0.2) is 42.7 Å². The van der Waals surface area contributed by atoms with E-state index in [-0.39, 0.29) is 30.3 Å². The summed E-state index contributed by atoms with van der Waals surface area (Å²) in [5, 5.41) is 12.6. The van der Waals surface area contributed by atoms with Crippen molar-refractivity contribution >= 4 is 11.7 Å². The van der Waals surface area contributed by atoms with Gasteiger partial charge in [-0.2, -0.15) is 0 Å². The first-order chi connectivity index (χ1) is 12.2. The molecule has 0 aliphatic heterocycles. The molecule has 0 spiro atoms. The Bertz CT molecular complexity index is 707. The Balaban J connectivity index is 1.67. The third-order valence-corrected chi connectivity index (χ3v) is 4.98. The molecule has 1 aromatic carbocycles. The molecule has 1 aromatic heterocycles. The molecule has 1 aliphatic carbocycles. The number of aromatic nitrogens is 1. The van der Waals surface area contributed by atoms with E-state index in [1.54, 1.807) is 42.7 Å². The van der Waals surface area contributed by atoms with Gasteiger partial charge in [-0.25, -0.2) is 0 Å². The Morgan fingerprint density at radius 1 is 1.00 bits per heavy atom. The standard InChI is InChI=1S/C20H24N2O3/c23-13-17-4-2-1-3-5-18(17)22-20(25)15-8-6-14(7-9-15)19(24)16-10-11-21-12-16/h6-12,17-18,21,23H,1-5,13H2,(H,22,25). The molecule has 0 radical (unpaired) electrons. The predicted molar refractivity (Wildman–Crippen MR) is 95.6 cm³/mol. The summed E-state index contributed by atoms with van der Waals surface area (Å²) in [7, 11) is 0. The van der Waals surface area contributed by atoms with Gasteiger partial charge in [0.1, 0.15) is 0 Å². The van der Waals surface area contributed by atoms with Crippen LogP contribution in [0, 0.1) is 5.92 Å². The van der Waals surface area contributed by atoms with E-state index in [1.165, 1.54) is 0 Å². The summed E-state index contributed by atoms with van der Waals surface area (Å²) in [4.78, 5) is 27.7. The number of ketones is 1. The highest BCUT2D eigenvalue weighted by Gasteiger charge is 2.25. The van der Waals surface area contributed by atoms with Gasteiger partial charge in [-0.3, -0.25) is 9.59 Å². The number of aliphatic hydroxyl groups is 1. The summed E-state index contributed by atoms with van der Waals surface area (Å²) in [6, 6.07) is 8.46. The predicted octanol–water partition coefficient (Wildman–Crippen LogP) is 2.92. The Morgan fingerprint density at radius 2 is 1.72 bits per heavy atom. The van der Waals surface area contributed by atoms with E-state index in [2.05, 4.69) is 10.3 Å². The third kappa shape index (κ3) is 4.17. The molecule has 3 N–H and O–H groups in total. The van der Waals surface area contributed by atoms with Crippen LogP contribution in [0.1, 0.15) is 58.4 Å². The van der Waals surface area contributed by atoms with Crippen molar-refractivity contribution < 1.29 is 14.7 Å². The monoisotopic (exact) mass is 340 g/mol. The Kier molecular flexibility index (Phi) is 5.66. The molecule has 1 amide bonds. The molecule has 1 heterocycles. The molecule has 132 valence electrons. The van der Waals surface area contributed by atoms with Gasteiger partial charge in [0.15, 0.2) is 5.78 Å². The smallest absolute Gasteiger partial charge is 0.251 e. The number of carbonyl (C=O) groups is 2. The first-order valence-corrected chi connectivity index (χ1v) is 8.88. The van der Waals surface area contributed by atoms with Crippen LogP contribution < -0.4 is 5.32 Å². The number of hydrogen-bond donors (Lipinski definition) is 3. The number of rotatable bonds is 5. The van der Waals surface area contributed by atoms with E-state index in [0.29, 0.717) is 16.7 Å². The van der Waals surface area contributed by atoms with Crippen molar-refractivity contribution in [1.82, 2.24) is 10.3 Å². The van der Waals surface area contributed by atoms with Gasteiger partial charge in [0.2, 0.25) is 0 Å². The minimum Gasteiger partial charge on any atom is -0.396 e. The first kappa shape index (κ1) is 17.4. The summed E-state index contributed by atoms with van der Waals surface area (Å²) >= 11 is 0. The van der Waals surface area contributed by atoms with Crippen LogP contribution in [0.25, 0.3) is 0 Å². The van der Waals surface area contributed by atoms with Crippen LogP contribution in [-0.4, -0.2) is 34.4 Å². The maximum atomic E-state index is 12.5. The van der Waals surface area contributed by atoms with E-state index < -0.39 is 0 Å². The highest BCUT2D eigenvalue weighted by Crippen LogP contribution is 2.23. The average molecular weight is 340 g/mol. The van der Waals surface area contributed by atoms with Gasteiger partial charge in [-0.1, -0.05) is 31.4 Å². The van der Waals surface area contributed by atoms with E-state index in [1.807, 2.05) is 0 Å². The first-order valence-electron chi connectivity index (χ1n) is 8.88. The molecule has 0 saturated heterocycles. The van der Waals surface area contributed by atoms with Crippen molar-refractivity contribution in [3.05, 3.63) is 59.4 Å². The molecule has 3 rings (SSSR count). The van der Waals surface area contributed by atoms with Crippen molar-refractivity contribution in [3.8, 4) is 0 Å². The third-order valence-electron chi connectivity index (χ3n) is 4.98. The number of aromatic amines is 1. The van der Waals surface area contributed by atoms with Gasteiger partial charge in [-0.15, -0.1) is 0 Å². The number of amides is 1. The number of H-pyrrole nitrogens is 1. The summed E-state index contributed by atoms with van der Waals surface area (Å²) in [6.45, 7) is 0.106. The maximum Gasteiger partial charge on any atom is 0.251 e. The SMILES string of the molecule is O=C(NC1CCCCCC1CO)c1ccc(C(=O)c2cc[nH]c2)cc1. The fourth-order valence-electron chi connectivity index (χ4n) is 3.45. The Hall–Kier alpha value is -2.40. The zero-order valence-electron chi connectivity index (χ0n) is 14.2. The minimum atomic E-state index is -0.147. The molecule has 5 nitrogen and oxygen atoms in total. The summed E-state index contributed by atoms with van der Waals surface area (Å²) in [5.41, 5.74) is 1.69. The largest absolute Gasteiger partial charge is 0.396 e.